The molecule has 31 heavy (non-hydrogen) atoms. The number of rotatable bonds is 4. The normalized spacial score (nSPS) is 16.5. The van der Waals surface area contributed by atoms with E-state index in [0.717, 1.165) is 24.4 Å². The number of nitrogens with one attached hydrogen (secondary N) is 3. The summed E-state index contributed by atoms with van der Waals surface area (Å²) >= 11 is 0. The summed E-state index contributed by atoms with van der Waals surface area (Å²) in [5.74, 6) is -3.78. The van der Waals surface area contributed by atoms with Crippen LogP contribution in [-0.4, -0.2) is 35.3 Å². The van der Waals surface area contributed by atoms with Gasteiger partial charge in [0.05, 0.1) is 23.6 Å². The number of amides is 2. The van der Waals surface area contributed by atoms with Crippen molar-refractivity contribution < 1.29 is 36.2 Å². The van der Waals surface area contributed by atoms with Crippen molar-refractivity contribution in [1.82, 2.24) is 15.3 Å². The molecule has 3 heterocycles. The standard InChI is InChI=1S/C19H15F5N4O3/c20-12-5-10(28-18(29)27-9-2-4-30-8-9)6-13(21)16(12)31-14-1-3-25-17-15(14)11(7-26-17)19(22,23)24/h1,3,5-7,9H,2,4,8H2,(H,25,26)(H2,27,28,29)/t9-/m0/s1. The Bertz CT molecular complexity index is 1100. The zero-order valence-electron chi connectivity index (χ0n) is 15.6. The minimum Gasteiger partial charge on any atom is -0.450 e. The van der Waals surface area contributed by atoms with Gasteiger partial charge >= 0.3 is 12.2 Å². The van der Waals surface area contributed by atoms with Crippen molar-refractivity contribution in [2.75, 3.05) is 18.5 Å². The van der Waals surface area contributed by atoms with Gasteiger partial charge in [0, 0.05) is 36.8 Å². The molecular weight excluding hydrogens is 427 g/mol. The number of nitrogens with zero attached hydrogens (tertiary/aromatic N) is 1. The maximum absolute atomic E-state index is 14.5. The molecule has 0 unspecified atom stereocenters. The average molecular weight is 442 g/mol. The smallest absolute Gasteiger partial charge is 0.418 e. The predicted octanol–water partition coefficient (Wildman–Crippen LogP) is 4.56. The summed E-state index contributed by atoms with van der Waals surface area (Å²) in [7, 11) is 0. The fraction of sp³-hybridized carbons (Fsp3) is 0.263. The Labute approximate surface area is 171 Å². The van der Waals surface area contributed by atoms with Gasteiger partial charge in [-0.2, -0.15) is 13.2 Å². The number of carbonyl (C=O) groups is 1. The Balaban J connectivity index is 1.58. The number of H-pyrrole nitrogens is 1. The van der Waals surface area contributed by atoms with Crippen LogP contribution in [0, 0.1) is 11.6 Å². The summed E-state index contributed by atoms with van der Waals surface area (Å²) in [5, 5.41) is 4.42. The molecular formula is C19H15F5N4O3. The number of aromatic amines is 1. The Morgan fingerprint density at radius 2 is 2.00 bits per heavy atom. The maximum Gasteiger partial charge on any atom is 0.418 e. The number of carbonyl (C=O) groups excluding carboxylic acids is 1. The lowest BCUT2D eigenvalue weighted by Crippen LogP contribution is -2.38. The number of ether oxygens (including phenoxy) is 2. The van der Waals surface area contributed by atoms with E-state index in [2.05, 4.69) is 20.6 Å². The number of hydrogen-bond acceptors (Lipinski definition) is 4. The molecule has 3 N–H and O–H groups in total. The van der Waals surface area contributed by atoms with Gasteiger partial charge in [-0.3, -0.25) is 0 Å². The van der Waals surface area contributed by atoms with Crippen molar-refractivity contribution in [2.24, 2.45) is 0 Å². The molecule has 0 aliphatic carbocycles. The van der Waals surface area contributed by atoms with E-state index in [1.165, 1.54) is 0 Å². The molecule has 0 radical (unpaired) electrons. The van der Waals surface area contributed by atoms with Gasteiger partial charge in [0.1, 0.15) is 11.4 Å². The van der Waals surface area contributed by atoms with Crippen LogP contribution in [0.3, 0.4) is 0 Å². The summed E-state index contributed by atoms with van der Waals surface area (Å²) in [6, 6.07) is 1.76. The van der Waals surface area contributed by atoms with Gasteiger partial charge in [-0.15, -0.1) is 0 Å². The molecule has 2 aromatic heterocycles. The molecule has 0 saturated carbocycles. The molecule has 2 amide bonds. The van der Waals surface area contributed by atoms with Gasteiger partial charge in [-0.1, -0.05) is 0 Å². The molecule has 1 aliphatic heterocycles. The molecule has 1 aliphatic rings. The second-order valence-corrected chi connectivity index (χ2v) is 6.76. The zero-order chi connectivity index (χ0) is 22.2. The van der Waals surface area contributed by atoms with E-state index in [0.29, 0.717) is 25.8 Å². The molecule has 0 spiro atoms. The number of anilines is 1. The summed E-state index contributed by atoms with van der Waals surface area (Å²) in [4.78, 5) is 18.1. The van der Waals surface area contributed by atoms with E-state index in [1.54, 1.807) is 0 Å². The first-order valence-electron chi connectivity index (χ1n) is 9.08. The first-order chi connectivity index (χ1) is 14.7. The monoisotopic (exact) mass is 442 g/mol. The third-order valence-corrected chi connectivity index (χ3v) is 4.57. The number of benzene rings is 1. The van der Waals surface area contributed by atoms with E-state index in [4.69, 9.17) is 9.47 Å². The minimum atomic E-state index is -4.73. The van der Waals surface area contributed by atoms with E-state index in [-0.39, 0.29) is 17.4 Å². The Morgan fingerprint density at radius 1 is 1.26 bits per heavy atom. The Hall–Kier alpha value is -3.41. The number of urea groups is 1. The number of pyridine rings is 1. The minimum absolute atomic E-state index is 0.156. The Kier molecular flexibility index (Phi) is 5.39. The van der Waals surface area contributed by atoms with E-state index < -0.39 is 46.3 Å². The first kappa shape index (κ1) is 20.8. The van der Waals surface area contributed by atoms with Crippen molar-refractivity contribution in [3.63, 3.8) is 0 Å². The summed E-state index contributed by atoms with van der Waals surface area (Å²) < 4.78 is 79.0. The van der Waals surface area contributed by atoms with Crippen molar-refractivity contribution in [3.8, 4) is 11.5 Å². The molecule has 1 fully saturated rings. The number of halogens is 5. The molecule has 1 saturated heterocycles. The highest BCUT2D eigenvalue weighted by atomic mass is 19.4. The van der Waals surface area contributed by atoms with Gasteiger partial charge in [0.15, 0.2) is 17.4 Å². The van der Waals surface area contributed by atoms with Crippen LogP contribution in [0.25, 0.3) is 11.0 Å². The highest BCUT2D eigenvalue weighted by Crippen LogP contribution is 2.40. The van der Waals surface area contributed by atoms with Crippen molar-refractivity contribution >= 4 is 22.8 Å². The predicted molar refractivity (Wildman–Crippen MR) is 98.9 cm³/mol. The van der Waals surface area contributed by atoms with Crippen molar-refractivity contribution in [1.29, 1.82) is 0 Å². The summed E-state index contributed by atoms with van der Waals surface area (Å²) in [6.07, 6.45) is -2.29. The average Bonchev–Trinajstić information content (AvgIpc) is 3.34. The quantitative estimate of drug-likeness (QED) is 0.517. The van der Waals surface area contributed by atoms with Gasteiger partial charge in [0.2, 0.25) is 0 Å². The summed E-state index contributed by atoms with van der Waals surface area (Å²) in [5.41, 5.74) is -1.44. The lowest BCUT2D eigenvalue weighted by Gasteiger charge is -2.14. The highest BCUT2D eigenvalue weighted by Gasteiger charge is 2.35. The molecule has 164 valence electrons. The van der Waals surface area contributed by atoms with E-state index in [9.17, 15) is 26.7 Å². The third-order valence-electron chi connectivity index (χ3n) is 4.57. The van der Waals surface area contributed by atoms with Crippen LogP contribution in [0.5, 0.6) is 11.5 Å². The second kappa shape index (κ2) is 8.02. The van der Waals surface area contributed by atoms with Crippen LogP contribution in [-0.2, 0) is 10.9 Å². The molecule has 4 rings (SSSR count). The number of fused-ring (bicyclic) bond motifs is 1. The van der Waals surface area contributed by atoms with Crippen LogP contribution in [0.1, 0.15) is 12.0 Å². The number of hydrogen-bond donors (Lipinski definition) is 3. The van der Waals surface area contributed by atoms with Gasteiger partial charge in [-0.05, 0) is 12.5 Å². The lowest BCUT2D eigenvalue weighted by molar-refractivity contribution is -0.136. The SMILES string of the molecule is O=C(Nc1cc(F)c(Oc2ccnc3[nH]cc(C(F)(F)F)c23)c(F)c1)N[C@H]1CCOC1. The van der Waals surface area contributed by atoms with E-state index in [1.807, 2.05) is 0 Å². The van der Waals surface area contributed by atoms with Crippen LogP contribution < -0.4 is 15.4 Å². The second-order valence-electron chi connectivity index (χ2n) is 6.76. The topological polar surface area (TPSA) is 88.3 Å². The molecule has 3 aromatic rings. The van der Waals surface area contributed by atoms with Crippen molar-refractivity contribution in [2.45, 2.75) is 18.6 Å². The van der Waals surface area contributed by atoms with Crippen LogP contribution >= 0.6 is 0 Å². The largest absolute Gasteiger partial charge is 0.450 e. The van der Waals surface area contributed by atoms with Crippen LogP contribution in [0.4, 0.5) is 32.4 Å². The van der Waals surface area contributed by atoms with Gasteiger partial charge in [0.25, 0.3) is 0 Å². The molecule has 7 nitrogen and oxygen atoms in total. The number of alkyl halides is 3. The fourth-order valence-corrected chi connectivity index (χ4v) is 3.18. The fourth-order valence-electron chi connectivity index (χ4n) is 3.18. The van der Waals surface area contributed by atoms with E-state index >= 15 is 0 Å². The molecule has 12 heteroatoms. The first-order valence-corrected chi connectivity index (χ1v) is 9.08. The molecule has 1 atom stereocenters. The maximum atomic E-state index is 14.5. The summed E-state index contributed by atoms with van der Waals surface area (Å²) in [6.45, 7) is 0.835. The van der Waals surface area contributed by atoms with Gasteiger partial charge in [-0.25, -0.2) is 18.6 Å². The Morgan fingerprint density at radius 3 is 2.65 bits per heavy atom. The van der Waals surface area contributed by atoms with Gasteiger partial charge < -0.3 is 25.1 Å². The zero-order valence-corrected chi connectivity index (χ0v) is 15.6. The van der Waals surface area contributed by atoms with Crippen LogP contribution in [0.15, 0.2) is 30.6 Å². The number of aromatic nitrogens is 2. The third kappa shape index (κ3) is 4.38. The molecule has 0 bridgehead atoms. The molecule has 1 aromatic carbocycles. The lowest BCUT2D eigenvalue weighted by atomic mass is 10.2. The van der Waals surface area contributed by atoms with Crippen LogP contribution in [0.2, 0.25) is 0 Å². The van der Waals surface area contributed by atoms with Crippen molar-refractivity contribution in [3.05, 3.63) is 47.8 Å². The highest BCUT2D eigenvalue weighted by molar-refractivity contribution is 5.90.